The molecule has 0 atom stereocenters. The minimum absolute atomic E-state index is 0.0816. The van der Waals surface area contributed by atoms with Gasteiger partial charge in [-0.15, -0.1) is 0 Å². The first kappa shape index (κ1) is 18.5. The van der Waals surface area contributed by atoms with E-state index in [0.29, 0.717) is 10.7 Å². The molecule has 2 aromatic carbocycles. The Morgan fingerprint density at radius 3 is 2.70 bits per heavy atom. The van der Waals surface area contributed by atoms with Crippen LogP contribution in [0.4, 0.5) is 11.4 Å². The third kappa shape index (κ3) is 3.65. The van der Waals surface area contributed by atoms with Gasteiger partial charge in [-0.25, -0.2) is 0 Å². The van der Waals surface area contributed by atoms with E-state index in [0.717, 1.165) is 17.2 Å². The highest BCUT2D eigenvalue weighted by molar-refractivity contribution is 6.31. The van der Waals surface area contributed by atoms with Crippen molar-refractivity contribution >= 4 is 40.6 Å². The summed E-state index contributed by atoms with van der Waals surface area (Å²) in [7, 11) is 0. The van der Waals surface area contributed by atoms with Gasteiger partial charge in [0.05, 0.1) is 17.0 Å². The molecule has 0 aliphatic carbocycles. The Hall–Kier alpha value is -3.26. The number of non-ortho nitro benzene ring substituents is 1. The lowest BCUT2D eigenvalue weighted by molar-refractivity contribution is -0.384. The van der Waals surface area contributed by atoms with Gasteiger partial charge in [0.25, 0.3) is 17.5 Å². The molecule has 1 heterocycles. The number of hydrazone groups is 1. The van der Waals surface area contributed by atoms with Crippen LogP contribution in [0.2, 0.25) is 5.02 Å². The van der Waals surface area contributed by atoms with Crippen LogP contribution in [0, 0.1) is 24.0 Å². The predicted molar refractivity (Wildman–Crippen MR) is 101 cm³/mol. The van der Waals surface area contributed by atoms with E-state index < -0.39 is 10.8 Å². The summed E-state index contributed by atoms with van der Waals surface area (Å²) in [6, 6.07) is 8.70. The van der Waals surface area contributed by atoms with E-state index in [1.54, 1.807) is 12.1 Å². The van der Waals surface area contributed by atoms with Crippen LogP contribution in [0.3, 0.4) is 0 Å². The zero-order chi connectivity index (χ0) is 19.7. The molecule has 1 aliphatic rings. The summed E-state index contributed by atoms with van der Waals surface area (Å²) in [4.78, 5) is 34.9. The van der Waals surface area contributed by atoms with Crippen LogP contribution in [-0.4, -0.2) is 22.6 Å². The number of nitrogens with one attached hydrogen (secondary N) is 1. The second-order valence-electron chi connectivity index (χ2n) is 6.01. The van der Waals surface area contributed by atoms with Crippen molar-refractivity contribution in [2.24, 2.45) is 5.10 Å². The lowest BCUT2D eigenvalue weighted by Gasteiger charge is -2.16. The van der Waals surface area contributed by atoms with Gasteiger partial charge in [-0.05, 0) is 43.2 Å². The SMILES string of the molecule is Cc1c(Cl)ccc(N2N=C(NC(=O)c3cccc([N+](=O)[O-])c3)CC2=O)c1C. The number of carbonyl (C=O) groups excluding carboxylic acids is 2. The van der Waals surface area contributed by atoms with Crippen molar-refractivity contribution in [3.05, 3.63) is 68.2 Å². The smallest absolute Gasteiger partial charge is 0.270 e. The van der Waals surface area contributed by atoms with E-state index in [4.69, 9.17) is 11.6 Å². The molecular weight excluding hydrogens is 372 g/mol. The minimum atomic E-state index is -0.583. The molecule has 8 nitrogen and oxygen atoms in total. The van der Waals surface area contributed by atoms with Gasteiger partial charge in [-0.2, -0.15) is 10.1 Å². The average molecular weight is 387 g/mol. The van der Waals surface area contributed by atoms with E-state index in [9.17, 15) is 19.7 Å². The largest absolute Gasteiger partial charge is 0.308 e. The van der Waals surface area contributed by atoms with Crippen LogP contribution in [-0.2, 0) is 4.79 Å². The fourth-order valence-corrected chi connectivity index (χ4v) is 2.86. The first-order valence-corrected chi connectivity index (χ1v) is 8.37. The van der Waals surface area contributed by atoms with Crippen LogP contribution in [0.25, 0.3) is 0 Å². The molecule has 0 bridgehead atoms. The first-order chi connectivity index (χ1) is 12.8. The molecule has 27 heavy (non-hydrogen) atoms. The van der Waals surface area contributed by atoms with Gasteiger partial charge in [0.15, 0.2) is 0 Å². The van der Waals surface area contributed by atoms with Crippen molar-refractivity contribution in [1.29, 1.82) is 0 Å². The molecule has 2 aromatic rings. The second kappa shape index (κ2) is 7.16. The van der Waals surface area contributed by atoms with Crippen molar-refractivity contribution in [3.63, 3.8) is 0 Å². The van der Waals surface area contributed by atoms with Crippen molar-refractivity contribution in [3.8, 4) is 0 Å². The van der Waals surface area contributed by atoms with Crippen molar-refractivity contribution in [2.45, 2.75) is 20.3 Å². The highest BCUT2D eigenvalue weighted by atomic mass is 35.5. The number of anilines is 1. The van der Waals surface area contributed by atoms with Crippen molar-refractivity contribution in [1.82, 2.24) is 5.32 Å². The van der Waals surface area contributed by atoms with E-state index in [1.807, 2.05) is 13.8 Å². The Morgan fingerprint density at radius 2 is 2.00 bits per heavy atom. The molecule has 9 heteroatoms. The van der Waals surface area contributed by atoms with Gasteiger partial charge in [0.1, 0.15) is 5.84 Å². The highest BCUT2D eigenvalue weighted by Crippen LogP contribution is 2.30. The fraction of sp³-hybridized carbons (Fsp3) is 0.167. The number of rotatable bonds is 3. The molecule has 0 fully saturated rings. The molecule has 0 saturated heterocycles. The van der Waals surface area contributed by atoms with Crippen LogP contribution >= 0.6 is 11.6 Å². The maximum absolute atomic E-state index is 12.3. The molecule has 0 aromatic heterocycles. The number of amidine groups is 1. The third-order valence-electron chi connectivity index (χ3n) is 4.27. The second-order valence-corrected chi connectivity index (χ2v) is 6.41. The number of halogens is 1. The summed E-state index contributed by atoms with van der Waals surface area (Å²) in [6.45, 7) is 3.68. The maximum atomic E-state index is 12.3. The standard InChI is InChI=1S/C18H15ClN4O4/c1-10-11(2)15(7-6-14(10)19)22-17(24)9-16(21-22)20-18(25)12-4-3-5-13(8-12)23(26)27/h3-8H,9H2,1-2H3,(H,20,21,25). The van der Waals surface area contributed by atoms with Gasteiger partial charge in [0, 0.05) is 22.7 Å². The highest BCUT2D eigenvalue weighted by Gasteiger charge is 2.28. The zero-order valence-electron chi connectivity index (χ0n) is 14.5. The normalized spacial score (nSPS) is 13.5. The molecule has 0 saturated carbocycles. The van der Waals surface area contributed by atoms with E-state index in [-0.39, 0.29) is 29.4 Å². The topological polar surface area (TPSA) is 105 Å². The lowest BCUT2D eigenvalue weighted by atomic mass is 10.1. The molecule has 0 radical (unpaired) electrons. The molecule has 0 spiro atoms. The van der Waals surface area contributed by atoms with Crippen LogP contribution in [0.1, 0.15) is 27.9 Å². The van der Waals surface area contributed by atoms with Crippen molar-refractivity contribution < 1.29 is 14.5 Å². The van der Waals surface area contributed by atoms with Gasteiger partial charge >= 0.3 is 0 Å². The Kier molecular flexibility index (Phi) is 4.91. The van der Waals surface area contributed by atoms with Crippen LogP contribution in [0.5, 0.6) is 0 Å². The maximum Gasteiger partial charge on any atom is 0.270 e. The number of benzene rings is 2. The molecule has 0 unspecified atom stereocenters. The van der Waals surface area contributed by atoms with Gasteiger partial charge < -0.3 is 5.32 Å². The van der Waals surface area contributed by atoms with Crippen molar-refractivity contribution in [2.75, 3.05) is 5.01 Å². The summed E-state index contributed by atoms with van der Waals surface area (Å²) in [5.41, 5.74) is 2.15. The number of carbonyl (C=O) groups is 2. The number of nitro groups is 1. The zero-order valence-corrected chi connectivity index (χ0v) is 15.3. The molecule has 3 rings (SSSR count). The van der Waals surface area contributed by atoms with Crippen LogP contribution < -0.4 is 10.3 Å². The number of nitro benzene ring substituents is 1. The summed E-state index contributed by atoms with van der Waals surface area (Å²) in [5, 5.41) is 19.4. The Balaban J connectivity index is 1.83. The summed E-state index contributed by atoms with van der Waals surface area (Å²) in [5.74, 6) is -0.700. The van der Waals surface area contributed by atoms with Gasteiger partial charge in [-0.3, -0.25) is 19.7 Å². The lowest BCUT2D eigenvalue weighted by Crippen LogP contribution is -2.29. The summed E-state index contributed by atoms with van der Waals surface area (Å²) in [6.07, 6.45) is -0.0816. The number of hydrogen-bond donors (Lipinski definition) is 1. The minimum Gasteiger partial charge on any atom is -0.308 e. The van der Waals surface area contributed by atoms with E-state index in [1.165, 1.54) is 23.2 Å². The van der Waals surface area contributed by atoms with Crippen LogP contribution in [0.15, 0.2) is 41.5 Å². The fourth-order valence-electron chi connectivity index (χ4n) is 2.65. The monoisotopic (exact) mass is 386 g/mol. The molecule has 2 amide bonds. The predicted octanol–water partition coefficient (Wildman–Crippen LogP) is 3.35. The average Bonchev–Trinajstić information content (AvgIpc) is 3.00. The Bertz CT molecular complexity index is 1000. The molecule has 1 N–H and O–H groups in total. The molecule has 138 valence electrons. The quantitative estimate of drug-likeness (QED) is 0.645. The first-order valence-electron chi connectivity index (χ1n) is 8.00. The number of hydrogen-bond acceptors (Lipinski definition) is 5. The summed E-state index contributed by atoms with van der Waals surface area (Å²) >= 11 is 6.09. The molecular formula is C18H15ClN4O4. The van der Waals surface area contributed by atoms with Gasteiger partial charge in [-0.1, -0.05) is 17.7 Å². The number of nitrogens with zero attached hydrogens (tertiary/aromatic N) is 3. The summed E-state index contributed by atoms with van der Waals surface area (Å²) < 4.78 is 0. The Morgan fingerprint density at radius 1 is 1.26 bits per heavy atom. The van der Waals surface area contributed by atoms with Gasteiger partial charge in [0.2, 0.25) is 0 Å². The van der Waals surface area contributed by atoms with E-state index >= 15 is 0 Å². The molecule has 1 aliphatic heterocycles. The Labute approximate surface area is 159 Å². The third-order valence-corrected chi connectivity index (χ3v) is 4.68. The number of amides is 2. The van der Waals surface area contributed by atoms with E-state index in [2.05, 4.69) is 10.4 Å².